The fourth-order valence-electron chi connectivity index (χ4n) is 2.49. The highest BCUT2D eigenvalue weighted by Gasteiger charge is 2.26. The normalized spacial score (nSPS) is 16.7. The van der Waals surface area contributed by atoms with Crippen LogP contribution in [-0.4, -0.2) is 23.1 Å². The maximum absolute atomic E-state index is 6.07. The number of aromatic nitrogens is 2. The molecule has 4 nitrogen and oxygen atoms in total. The number of nitrogens with one attached hydrogen (secondary N) is 2. The minimum Gasteiger partial charge on any atom is -0.370 e. The van der Waals surface area contributed by atoms with Gasteiger partial charge in [0.15, 0.2) is 0 Å². The number of hydrogen-bond acceptors (Lipinski definition) is 4. The first kappa shape index (κ1) is 14.1. The Morgan fingerprint density at radius 1 is 1.43 bits per heavy atom. The summed E-state index contributed by atoms with van der Waals surface area (Å²) in [5, 5.41) is 7.35. The van der Waals surface area contributed by atoms with Crippen molar-refractivity contribution in [2.75, 3.05) is 23.7 Å². The van der Waals surface area contributed by atoms with Crippen molar-refractivity contribution in [1.29, 1.82) is 0 Å². The van der Waals surface area contributed by atoms with E-state index in [1.54, 1.807) is 6.20 Å². The molecule has 0 aromatic carbocycles. The summed E-state index contributed by atoms with van der Waals surface area (Å²) in [6.45, 7) is 6.09. The quantitative estimate of drug-likeness (QED) is 0.903. The molecule has 2 N–H and O–H groups in total. The van der Waals surface area contributed by atoms with E-state index in [2.05, 4.69) is 35.5 Å². The zero-order chi connectivity index (χ0) is 14.8. The Morgan fingerprint density at radius 2 is 2.29 bits per heavy atom. The van der Waals surface area contributed by atoms with Crippen LogP contribution in [0.4, 0.5) is 11.6 Å². The zero-order valence-corrected chi connectivity index (χ0v) is 13.0. The second kappa shape index (κ2) is 5.90. The first-order valence-electron chi connectivity index (χ1n) is 7.23. The maximum atomic E-state index is 6.07. The Morgan fingerprint density at radius 3 is 3.10 bits per heavy atom. The molecule has 110 valence electrons. The van der Waals surface area contributed by atoms with Crippen molar-refractivity contribution in [1.82, 2.24) is 9.97 Å². The number of fused-ring (bicyclic) bond motifs is 1. The molecule has 3 rings (SSSR count). The van der Waals surface area contributed by atoms with E-state index in [9.17, 15) is 0 Å². The monoisotopic (exact) mass is 302 g/mol. The summed E-state index contributed by atoms with van der Waals surface area (Å²) in [5.74, 6) is 2.62. The van der Waals surface area contributed by atoms with Crippen molar-refractivity contribution < 1.29 is 0 Å². The molecule has 5 heteroatoms. The summed E-state index contributed by atoms with van der Waals surface area (Å²) >= 11 is 6.07. The van der Waals surface area contributed by atoms with Gasteiger partial charge in [0, 0.05) is 30.8 Å². The Labute approximate surface area is 130 Å². The van der Waals surface area contributed by atoms with Crippen molar-refractivity contribution >= 4 is 23.2 Å². The van der Waals surface area contributed by atoms with E-state index in [0.29, 0.717) is 10.9 Å². The highest BCUT2D eigenvalue weighted by Crippen LogP contribution is 2.35. The number of rotatable bonds is 4. The highest BCUT2D eigenvalue weighted by molar-refractivity contribution is 6.30. The molecule has 3 heterocycles. The molecule has 0 bridgehead atoms. The van der Waals surface area contributed by atoms with Crippen LogP contribution in [0.1, 0.15) is 31.0 Å². The van der Waals surface area contributed by atoms with Crippen molar-refractivity contribution in [2.45, 2.75) is 19.8 Å². The molecular weight excluding hydrogens is 284 g/mol. The van der Waals surface area contributed by atoms with Gasteiger partial charge in [-0.3, -0.25) is 0 Å². The molecule has 0 spiro atoms. The minimum atomic E-state index is 0.201. The van der Waals surface area contributed by atoms with E-state index >= 15 is 0 Å². The Hall–Kier alpha value is -1.81. The van der Waals surface area contributed by atoms with Gasteiger partial charge in [0.05, 0.1) is 10.7 Å². The first-order valence-corrected chi connectivity index (χ1v) is 7.61. The van der Waals surface area contributed by atoms with Crippen molar-refractivity contribution in [3.8, 4) is 0 Å². The lowest BCUT2D eigenvalue weighted by Gasteiger charge is -2.13. The van der Waals surface area contributed by atoms with Gasteiger partial charge in [0.2, 0.25) is 0 Å². The maximum Gasteiger partial charge on any atom is 0.130 e. The van der Waals surface area contributed by atoms with Gasteiger partial charge >= 0.3 is 0 Å². The summed E-state index contributed by atoms with van der Waals surface area (Å²) in [7, 11) is 0. The van der Waals surface area contributed by atoms with E-state index in [1.807, 2.05) is 18.2 Å². The van der Waals surface area contributed by atoms with Crippen LogP contribution in [-0.2, 0) is 0 Å². The van der Waals surface area contributed by atoms with E-state index in [4.69, 9.17) is 16.6 Å². The topological polar surface area (TPSA) is 49.8 Å². The molecule has 2 aromatic rings. The van der Waals surface area contributed by atoms with E-state index in [0.717, 1.165) is 36.0 Å². The molecule has 1 atom stereocenters. The number of nitrogens with zero attached hydrogens (tertiary/aromatic N) is 2. The van der Waals surface area contributed by atoms with E-state index < -0.39 is 0 Å². The summed E-state index contributed by atoms with van der Waals surface area (Å²) in [6, 6.07) is 8.08. The van der Waals surface area contributed by atoms with Crippen LogP contribution in [0.25, 0.3) is 0 Å². The molecule has 1 aliphatic heterocycles. The third-order valence-corrected chi connectivity index (χ3v) is 3.76. The van der Waals surface area contributed by atoms with Crippen LogP contribution >= 0.6 is 11.6 Å². The molecule has 0 saturated heterocycles. The van der Waals surface area contributed by atoms with Crippen LogP contribution in [0, 0.1) is 5.92 Å². The fraction of sp³-hybridized carbons (Fsp3) is 0.375. The van der Waals surface area contributed by atoms with Crippen molar-refractivity contribution in [2.24, 2.45) is 5.92 Å². The standard InChI is InChI=1S/C16H19ClN4/c1-10(2)7-18-15-5-3-4-14(21-15)13-9-20-16-12(13)6-11(17)8-19-16/h3-6,8,10,13H,7,9H2,1-2H3,(H,18,21)(H,19,20). The Bertz CT molecular complexity index is 642. The minimum absolute atomic E-state index is 0.201. The number of pyridine rings is 2. The van der Waals surface area contributed by atoms with E-state index in [-0.39, 0.29) is 5.92 Å². The molecule has 0 amide bonds. The van der Waals surface area contributed by atoms with Gasteiger partial charge in [-0.1, -0.05) is 31.5 Å². The second-order valence-electron chi connectivity index (χ2n) is 5.75. The van der Waals surface area contributed by atoms with Crippen LogP contribution in [0.2, 0.25) is 5.02 Å². The summed E-state index contributed by atoms with van der Waals surface area (Å²) in [6.07, 6.45) is 1.67. The van der Waals surface area contributed by atoms with Gasteiger partial charge in [-0.05, 0) is 24.1 Å². The fourth-order valence-corrected chi connectivity index (χ4v) is 2.66. The average molecular weight is 303 g/mol. The Balaban J connectivity index is 1.86. The largest absolute Gasteiger partial charge is 0.370 e. The Kier molecular flexibility index (Phi) is 3.97. The summed E-state index contributed by atoms with van der Waals surface area (Å²) in [5.41, 5.74) is 2.16. The third-order valence-electron chi connectivity index (χ3n) is 3.55. The predicted octanol–water partition coefficient (Wildman–Crippen LogP) is 3.76. The van der Waals surface area contributed by atoms with Gasteiger partial charge < -0.3 is 10.6 Å². The lowest BCUT2D eigenvalue weighted by atomic mass is 9.99. The molecule has 2 aromatic heterocycles. The first-order chi connectivity index (χ1) is 10.1. The van der Waals surface area contributed by atoms with Crippen LogP contribution in [0.5, 0.6) is 0 Å². The zero-order valence-electron chi connectivity index (χ0n) is 12.2. The second-order valence-corrected chi connectivity index (χ2v) is 6.18. The van der Waals surface area contributed by atoms with Gasteiger partial charge in [-0.15, -0.1) is 0 Å². The van der Waals surface area contributed by atoms with E-state index in [1.165, 1.54) is 0 Å². The van der Waals surface area contributed by atoms with Gasteiger partial charge in [-0.25, -0.2) is 9.97 Å². The smallest absolute Gasteiger partial charge is 0.130 e. The molecule has 0 saturated carbocycles. The number of anilines is 2. The number of halogens is 1. The van der Waals surface area contributed by atoms with Crippen molar-refractivity contribution in [3.05, 3.63) is 46.7 Å². The van der Waals surface area contributed by atoms with Crippen LogP contribution < -0.4 is 10.6 Å². The highest BCUT2D eigenvalue weighted by atomic mass is 35.5. The lowest BCUT2D eigenvalue weighted by molar-refractivity contribution is 0.686. The molecule has 1 aliphatic rings. The number of hydrogen-bond donors (Lipinski definition) is 2. The molecule has 1 unspecified atom stereocenters. The van der Waals surface area contributed by atoms with Crippen LogP contribution in [0.3, 0.4) is 0 Å². The average Bonchev–Trinajstić information content (AvgIpc) is 2.88. The molecule has 0 aliphatic carbocycles. The molecule has 0 fully saturated rings. The third kappa shape index (κ3) is 3.10. The SMILES string of the molecule is CC(C)CNc1cccc(C2CNc3ncc(Cl)cc32)n1. The van der Waals surface area contributed by atoms with Crippen LogP contribution in [0.15, 0.2) is 30.5 Å². The molecule has 0 radical (unpaired) electrons. The van der Waals surface area contributed by atoms with Gasteiger partial charge in [0.25, 0.3) is 0 Å². The van der Waals surface area contributed by atoms with Crippen molar-refractivity contribution in [3.63, 3.8) is 0 Å². The lowest BCUT2D eigenvalue weighted by Crippen LogP contribution is -2.11. The van der Waals surface area contributed by atoms with Gasteiger partial charge in [-0.2, -0.15) is 0 Å². The predicted molar refractivity (Wildman–Crippen MR) is 87.1 cm³/mol. The molecular formula is C16H19ClN4. The summed E-state index contributed by atoms with van der Waals surface area (Å²) < 4.78 is 0. The summed E-state index contributed by atoms with van der Waals surface area (Å²) in [4.78, 5) is 9.06. The molecule has 21 heavy (non-hydrogen) atoms. The van der Waals surface area contributed by atoms with Gasteiger partial charge in [0.1, 0.15) is 11.6 Å².